The molecular formula is C28H36F5O2Pr-. The van der Waals surface area contributed by atoms with Crippen molar-refractivity contribution in [3.05, 3.63) is 41.0 Å². The average molecular weight is 640 g/mol. The minimum atomic E-state index is -4.85. The van der Waals surface area contributed by atoms with E-state index in [1.165, 1.54) is 31.7 Å². The van der Waals surface area contributed by atoms with Crippen LogP contribution in [0.2, 0.25) is 0 Å². The average Bonchev–Trinajstić information content (AvgIpc) is 2.85. The van der Waals surface area contributed by atoms with Gasteiger partial charge >= 0.3 is 6.18 Å². The predicted molar refractivity (Wildman–Crippen MR) is 126 cm³/mol. The molecule has 0 spiro atoms. The number of hydrogen-bond donors (Lipinski definition) is 0. The molecule has 0 saturated heterocycles. The van der Waals surface area contributed by atoms with Crippen LogP contribution in [0.15, 0.2) is 11.8 Å². The monoisotopic (exact) mass is 640 g/mol. The minimum Gasteiger partial charge on any atom is -0.497 e. The number of halogens is 5. The Kier molecular flexibility index (Phi) is 11.4. The maximum atomic E-state index is 15.1. The van der Waals surface area contributed by atoms with Crippen LogP contribution in [0, 0.1) is 77.1 Å². The largest absolute Gasteiger partial charge is 0.497 e. The van der Waals surface area contributed by atoms with Gasteiger partial charge in [-0.05, 0) is 67.9 Å². The Morgan fingerprint density at radius 1 is 0.917 bits per heavy atom. The molecule has 1 radical (unpaired) electrons. The van der Waals surface area contributed by atoms with Crippen molar-refractivity contribution in [2.75, 3.05) is 13.2 Å². The molecule has 0 bridgehead atoms. The van der Waals surface area contributed by atoms with Gasteiger partial charge in [-0.1, -0.05) is 26.2 Å². The zero-order valence-electron chi connectivity index (χ0n) is 21.1. The first kappa shape index (κ1) is 30.1. The van der Waals surface area contributed by atoms with Gasteiger partial charge in [0.25, 0.3) is 0 Å². The Hall–Kier alpha value is -0.426. The molecule has 4 rings (SSSR count). The SMILES string of the molecule is CCCCOC1=C(C(F)(F)F)c2c(cc(OCC3CCC(C4CC[CH-]CC4)CC3)c(F)c2F)CC1.[Pr]. The van der Waals surface area contributed by atoms with Crippen molar-refractivity contribution in [3.63, 3.8) is 0 Å². The molecule has 0 atom stereocenters. The van der Waals surface area contributed by atoms with Crippen molar-refractivity contribution >= 4 is 5.57 Å². The molecule has 2 fully saturated rings. The Bertz CT molecular complexity index is 900. The zero-order valence-corrected chi connectivity index (χ0v) is 24.8. The van der Waals surface area contributed by atoms with E-state index < -0.39 is 28.9 Å². The number of alkyl halides is 3. The third-order valence-electron chi connectivity index (χ3n) is 7.98. The third kappa shape index (κ3) is 7.15. The Labute approximate surface area is 244 Å². The number of aryl methyl sites for hydroxylation is 1. The molecular weight excluding hydrogens is 604 g/mol. The van der Waals surface area contributed by atoms with Crippen LogP contribution in [-0.4, -0.2) is 19.4 Å². The number of rotatable bonds is 8. The van der Waals surface area contributed by atoms with Crippen molar-refractivity contribution in [2.45, 2.75) is 90.1 Å². The van der Waals surface area contributed by atoms with Crippen LogP contribution in [0.25, 0.3) is 5.57 Å². The van der Waals surface area contributed by atoms with Crippen molar-refractivity contribution in [3.8, 4) is 5.75 Å². The summed E-state index contributed by atoms with van der Waals surface area (Å²) in [6, 6.07) is 1.26. The van der Waals surface area contributed by atoms with Crippen molar-refractivity contribution in [1.82, 2.24) is 0 Å². The van der Waals surface area contributed by atoms with Gasteiger partial charge in [-0.2, -0.15) is 30.4 Å². The molecule has 0 aliphatic heterocycles. The summed E-state index contributed by atoms with van der Waals surface area (Å²) in [6.45, 7) is 2.28. The second-order valence-corrected chi connectivity index (χ2v) is 10.3. The van der Waals surface area contributed by atoms with Crippen LogP contribution in [-0.2, 0) is 11.2 Å². The Balaban J connectivity index is 0.00000361. The Morgan fingerprint density at radius 2 is 1.58 bits per heavy atom. The molecule has 1 aromatic carbocycles. The smallest absolute Gasteiger partial charge is 0.420 e. The topological polar surface area (TPSA) is 18.5 Å². The molecule has 199 valence electrons. The van der Waals surface area contributed by atoms with E-state index in [1.54, 1.807) is 0 Å². The van der Waals surface area contributed by atoms with E-state index in [4.69, 9.17) is 9.47 Å². The van der Waals surface area contributed by atoms with Gasteiger partial charge < -0.3 is 15.9 Å². The first-order valence-electron chi connectivity index (χ1n) is 13.2. The molecule has 3 aliphatic rings. The molecule has 2 nitrogen and oxygen atoms in total. The van der Waals surface area contributed by atoms with Crippen LogP contribution in [0.5, 0.6) is 5.75 Å². The summed E-state index contributed by atoms with van der Waals surface area (Å²) in [5, 5.41) is 0. The number of hydrogen-bond acceptors (Lipinski definition) is 2. The quantitative estimate of drug-likeness (QED) is 0.161. The first-order valence-corrected chi connectivity index (χ1v) is 13.2. The maximum absolute atomic E-state index is 15.1. The number of ether oxygens (including phenoxy) is 2. The molecule has 8 heteroatoms. The molecule has 1 aromatic rings. The molecule has 0 amide bonds. The van der Waals surface area contributed by atoms with Gasteiger partial charge in [0.2, 0.25) is 5.82 Å². The standard InChI is InChI=1S/C28H36F5O2.Pr/c1-2-3-15-34-22-14-13-21-16-23(26(29)27(30)24(21)25(22)28(31,32)33)35-17-18-9-11-20(12-10-18)19-7-5-4-6-8-19;/h4,16,18-20H,2-3,5-15,17H2,1H3;/q-1;. The van der Waals surface area contributed by atoms with E-state index >= 15 is 4.39 Å². The number of unbranched alkanes of at least 4 members (excludes halogenated alkanes) is 1. The summed E-state index contributed by atoms with van der Waals surface area (Å²) in [7, 11) is 0. The van der Waals surface area contributed by atoms with Gasteiger partial charge in [0.05, 0.1) is 13.2 Å². The van der Waals surface area contributed by atoms with E-state index in [9.17, 15) is 17.6 Å². The molecule has 0 N–H and O–H groups in total. The van der Waals surface area contributed by atoms with Gasteiger partial charge in [-0.15, -0.1) is 0 Å². The molecule has 3 aliphatic carbocycles. The van der Waals surface area contributed by atoms with E-state index in [0.717, 1.165) is 43.9 Å². The predicted octanol–water partition coefficient (Wildman–Crippen LogP) is 8.58. The molecule has 0 heterocycles. The van der Waals surface area contributed by atoms with Gasteiger partial charge in [-0.3, -0.25) is 0 Å². The van der Waals surface area contributed by atoms with Crippen molar-refractivity contribution in [1.29, 1.82) is 0 Å². The van der Waals surface area contributed by atoms with Crippen LogP contribution >= 0.6 is 0 Å². The number of benzene rings is 1. The van der Waals surface area contributed by atoms with Gasteiger partial charge in [0, 0.05) is 53.3 Å². The van der Waals surface area contributed by atoms with Crippen molar-refractivity contribution in [2.24, 2.45) is 17.8 Å². The Morgan fingerprint density at radius 3 is 2.22 bits per heavy atom. The summed E-state index contributed by atoms with van der Waals surface area (Å²) in [5.41, 5.74) is -1.81. The van der Waals surface area contributed by atoms with Gasteiger partial charge in [-0.25, -0.2) is 4.39 Å². The summed E-state index contributed by atoms with van der Waals surface area (Å²) in [5.74, 6) is -1.67. The van der Waals surface area contributed by atoms with Crippen LogP contribution in [0.4, 0.5) is 22.0 Å². The number of allylic oxidation sites excluding steroid dienone is 2. The fourth-order valence-electron chi connectivity index (χ4n) is 5.98. The van der Waals surface area contributed by atoms with E-state index in [2.05, 4.69) is 6.42 Å². The van der Waals surface area contributed by atoms with Crippen LogP contribution in [0.3, 0.4) is 0 Å². The van der Waals surface area contributed by atoms with Gasteiger partial charge in [0.1, 0.15) is 11.3 Å². The summed E-state index contributed by atoms with van der Waals surface area (Å²) >= 11 is 0. The van der Waals surface area contributed by atoms with E-state index in [0.29, 0.717) is 6.42 Å². The normalized spacial score (nSPS) is 23.2. The van der Waals surface area contributed by atoms with Crippen molar-refractivity contribution < 1.29 is 72.7 Å². The van der Waals surface area contributed by atoms with Crippen LogP contribution in [0.1, 0.15) is 88.7 Å². The fourth-order valence-corrected chi connectivity index (χ4v) is 5.98. The van der Waals surface area contributed by atoms with E-state index in [-0.39, 0.29) is 90.3 Å². The summed E-state index contributed by atoms with van der Waals surface area (Å²) < 4.78 is 82.7. The molecule has 0 unspecified atom stereocenters. The summed E-state index contributed by atoms with van der Waals surface area (Å²) in [6.07, 6.45) is 8.19. The maximum Gasteiger partial charge on any atom is 0.420 e. The van der Waals surface area contributed by atoms with Crippen LogP contribution < -0.4 is 4.74 Å². The number of fused-ring (bicyclic) bond motifs is 1. The summed E-state index contributed by atoms with van der Waals surface area (Å²) in [4.78, 5) is 0. The van der Waals surface area contributed by atoms with Gasteiger partial charge in [0.15, 0.2) is 11.6 Å². The minimum absolute atomic E-state index is 0. The second kappa shape index (κ2) is 13.6. The zero-order chi connectivity index (χ0) is 25.0. The molecule has 2 saturated carbocycles. The molecule has 36 heavy (non-hydrogen) atoms. The van der Waals surface area contributed by atoms with E-state index in [1.807, 2.05) is 6.92 Å². The second-order valence-electron chi connectivity index (χ2n) is 10.3. The molecule has 0 aromatic heterocycles. The fraction of sp³-hybridized carbons (Fsp3) is 0.679. The third-order valence-corrected chi connectivity index (χ3v) is 7.98. The first-order chi connectivity index (χ1) is 16.8.